The van der Waals surface area contributed by atoms with Gasteiger partial charge in [-0.2, -0.15) is 0 Å². The second kappa shape index (κ2) is 7.92. The summed E-state index contributed by atoms with van der Waals surface area (Å²) in [4.78, 5) is 41.9. The Morgan fingerprint density at radius 3 is 2.90 bits per heavy atom. The second-order valence-electron chi connectivity index (χ2n) is 7.43. The molecule has 2 aliphatic rings. The lowest BCUT2D eigenvalue weighted by Crippen LogP contribution is -2.46. The van der Waals surface area contributed by atoms with Crippen LogP contribution in [0.25, 0.3) is 0 Å². The Morgan fingerprint density at radius 1 is 1.34 bits per heavy atom. The first-order valence-electron chi connectivity index (χ1n) is 9.63. The molecule has 1 fully saturated rings. The molecule has 3 heterocycles. The highest BCUT2D eigenvalue weighted by Crippen LogP contribution is 2.30. The first kappa shape index (κ1) is 19.5. The Hall–Kier alpha value is -2.78. The van der Waals surface area contributed by atoms with E-state index in [2.05, 4.69) is 15.3 Å². The van der Waals surface area contributed by atoms with Gasteiger partial charge >= 0.3 is 0 Å². The van der Waals surface area contributed by atoms with Crippen molar-refractivity contribution < 1.29 is 14.4 Å². The van der Waals surface area contributed by atoms with Crippen LogP contribution in [-0.4, -0.2) is 45.8 Å². The summed E-state index contributed by atoms with van der Waals surface area (Å²) in [5.41, 5.74) is 7.16. The molecule has 29 heavy (non-hydrogen) atoms. The number of primary amides is 1. The van der Waals surface area contributed by atoms with E-state index in [0.29, 0.717) is 29.4 Å². The van der Waals surface area contributed by atoms with Gasteiger partial charge in [-0.05, 0) is 17.5 Å². The molecule has 0 unspecified atom stereocenters. The summed E-state index contributed by atoms with van der Waals surface area (Å²) >= 11 is 1.19. The van der Waals surface area contributed by atoms with Crippen molar-refractivity contribution in [3.8, 4) is 0 Å². The topological polar surface area (TPSA) is 109 Å². The highest BCUT2D eigenvalue weighted by Gasteiger charge is 2.38. The van der Waals surface area contributed by atoms with Crippen LogP contribution in [0.4, 0.5) is 0 Å². The molecule has 1 aromatic carbocycles. The molecule has 0 bridgehead atoms. The lowest BCUT2D eigenvalue weighted by molar-refractivity contribution is -0.148. The maximum Gasteiger partial charge on any atom is 0.264 e. The van der Waals surface area contributed by atoms with Crippen LogP contribution in [0.3, 0.4) is 0 Å². The zero-order valence-electron chi connectivity index (χ0n) is 16.1. The zero-order valence-corrected chi connectivity index (χ0v) is 16.9. The SMILES string of the molecule is C[C@H](Cc1ncc(C(N)=O)s1)C(=O)N[C@@H]1C(=O)N2CCCN2Cc2ccccc21. The summed E-state index contributed by atoms with van der Waals surface area (Å²) in [6, 6.07) is 7.05. The molecule has 4 rings (SSSR count). The number of nitrogens with two attached hydrogens (primary N) is 1. The minimum atomic E-state index is -0.707. The van der Waals surface area contributed by atoms with Crippen LogP contribution in [-0.2, 0) is 22.6 Å². The normalized spacial score (nSPS) is 20.0. The molecule has 3 amide bonds. The number of amides is 3. The van der Waals surface area contributed by atoms with Crippen molar-refractivity contribution in [3.05, 3.63) is 51.5 Å². The minimum absolute atomic E-state index is 0.0988. The fourth-order valence-electron chi connectivity index (χ4n) is 3.81. The fraction of sp³-hybridized carbons (Fsp3) is 0.400. The van der Waals surface area contributed by atoms with Gasteiger partial charge in [-0.25, -0.2) is 9.99 Å². The average Bonchev–Trinajstić information content (AvgIpc) is 3.33. The largest absolute Gasteiger partial charge is 0.365 e. The Morgan fingerprint density at radius 2 is 2.14 bits per heavy atom. The summed E-state index contributed by atoms with van der Waals surface area (Å²) in [5.74, 6) is -1.25. The van der Waals surface area contributed by atoms with E-state index in [9.17, 15) is 14.4 Å². The molecule has 3 N–H and O–H groups in total. The quantitative estimate of drug-likeness (QED) is 0.767. The molecule has 0 aliphatic carbocycles. The molecule has 1 saturated heterocycles. The Labute approximate surface area is 172 Å². The molecular formula is C20H23N5O3S. The molecule has 0 radical (unpaired) electrons. The third-order valence-corrected chi connectivity index (χ3v) is 6.39. The third-order valence-electron chi connectivity index (χ3n) is 5.36. The predicted molar refractivity (Wildman–Crippen MR) is 108 cm³/mol. The highest BCUT2D eigenvalue weighted by atomic mass is 32.1. The molecule has 2 atom stereocenters. The van der Waals surface area contributed by atoms with Gasteiger partial charge in [-0.3, -0.25) is 19.4 Å². The van der Waals surface area contributed by atoms with E-state index in [0.717, 1.165) is 24.1 Å². The molecule has 152 valence electrons. The smallest absolute Gasteiger partial charge is 0.264 e. The van der Waals surface area contributed by atoms with Gasteiger partial charge in [-0.15, -0.1) is 11.3 Å². The van der Waals surface area contributed by atoms with Gasteiger partial charge < -0.3 is 11.1 Å². The summed E-state index contributed by atoms with van der Waals surface area (Å²) < 4.78 is 0. The van der Waals surface area contributed by atoms with Crippen molar-refractivity contribution in [2.75, 3.05) is 13.1 Å². The number of hydrogen-bond acceptors (Lipinski definition) is 6. The van der Waals surface area contributed by atoms with Crippen LogP contribution in [0.1, 0.15) is 45.2 Å². The van der Waals surface area contributed by atoms with Gasteiger partial charge in [0.1, 0.15) is 10.9 Å². The van der Waals surface area contributed by atoms with Gasteiger partial charge in [0.15, 0.2) is 0 Å². The van der Waals surface area contributed by atoms with Crippen molar-refractivity contribution in [2.45, 2.75) is 32.4 Å². The molecule has 2 aliphatic heterocycles. The van der Waals surface area contributed by atoms with Crippen LogP contribution in [0.15, 0.2) is 30.5 Å². The molecular weight excluding hydrogens is 390 g/mol. The lowest BCUT2D eigenvalue weighted by Gasteiger charge is -2.28. The van der Waals surface area contributed by atoms with Crippen molar-refractivity contribution in [1.29, 1.82) is 0 Å². The first-order valence-corrected chi connectivity index (χ1v) is 10.4. The van der Waals surface area contributed by atoms with E-state index >= 15 is 0 Å². The molecule has 9 heteroatoms. The summed E-state index contributed by atoms with van der Waals surface area (Å²) in [6.07, 6.45) is 2.74. The van der Waals surface area contributed by atoms with Gasteiger partial charge in [0, 0.05) is 32.0 Å². The van der Waals surface area contributed by atoms with Crippen molar-refractivity contribution in [3.63, 3.8) is 0 Å². The minimum Gasteiger partial charge on any atom is -0.365 e. The van der Waals surface area contributed by atoms with E-state index in [1.54, 1.807) is 11.9 Å². The van der Waals surface area contributed by atoms with Gasteiger partial charge in [-0.1, -0.05) is 31.2 Å². The number of rotatable bonds is 5. The van der Waals surface area contributed by atoms with Crippen LogP contribution < -0.4 is 11.1 Å². The summed E-state index contributed by atoms with van der Waals surface area (Å²) in [6.45, 7) is 3.96. The Kier molecular flexibility index (Phi) is 5.33. The average molecular weight is 414 g/mol. The number of thiazole rings is 1. The number of hydrazine groups is 1. The Balaban J connectivity index is 1.52. The molecule has 2 aromatic rings. The lowest BCUT2D eigenvalue weighted by atomic mass is 9.98. The monoisotopic (exact) mass is 413 g/mol. The van der Waals surface area contributed by atoms with Crippen LogP contribution in [0, 0.1) is 5.92 Å². The maximum absolute atomic E-state index is 13.2. The first-order chi connectivity index (χ1) is 13.9. The van der Waals surface area contributed by atoms with Gasteiger partial charge in [0.2, 0.25) is 5.91 Å². The predicted octanol–water partition coefficient (Wildman–Crippen LogP) is 1.24. The van der Waals surface area contributed by atoms with Crippen molar-refractivity contribution in [2.24, 2.45) is 11.7 Å². The van der Waals surface area contributed by atoms with Crippen molar-refractivity contribution in [1.82, 2.24) is 20.3 Å². The highest BCUT2D eigenvalue weighted by molar-refractivity contribution is 7.13. The molecule has 0 saturated carbocycles. The van der Waals surface area contributed by atoms with Crippen molar-refractivity contribution >= 4 is 29.1 Å². The zero-order chi connectivity index (χ0) is 20.5. The number of fused-ring (bicyclic) bond motifs is 2. The van der Waals surface area contributed by atoms with Gasteiger partial charge in [0.25, 0.3) is 11.8 Å². The summed E-state index contributed by atoms with van der Waals surface area (Å²) in [7, 11) is 0. The van der Waals surface area contributed by atoms with E-state index in [4.69, 9.17) is 5.73 Å². The number of nitrogens with one attached hydrogen (secondary N) is 1. The van der Waals surface area contributed by atoms with E-state index in [-0.39, 0.29) is 11.8 Å². The van der Waals surface area contributed by atoms with Crippen LogP contribution in [0.2, 0.25) is 0 Å². The second-order valence-corrected chi connectivity index (χ2v) is 8.55. The number of benzene rings is 1. The van der Waals surface area contributed by atoms with E-state index in [1.165, 1.54) is 17.5 Å². The summed E-state index contributed by atoms with van der Waals surface area (Å²) in [5, 5.41) is 7.43. The van der Waals surface area contributed by atoms with E-state index < -0.39 is 17.9 Å². The number of hydrogen-bond donors (Lipinski definition) is 2. The molecule has 1 aromatic heterocycles. The number of carbonyl (C=O) groups excluding carboxylic acids is 3. The maximum atomic E-state index is 13.2. The van der Waals surface area contributed by atoms with Crippen LogP contribution >= 0.6 is 11.3 Å². The van der Waals surface area contributed by atoms with Gasteiger partial charge in [0.05, 0.1) is 11.2 Å². The molecule has 8 nitrogen and oxygen atoms in total. The number of nitrogens with zero attached hydrogens (tertiary/aromatic N) is 3. The fourth-order valence-corrected chi connectivity index (χ4v) is 4.71. The standard InChI is InChI=1S/C20H23N5O3S/c1-12(9-16-22-10-15(29-16)18(21)26)19(27)23-17-14-6-3-2-5-13(14)11-24-7-4-8-25(24)20(17)28/h2-3,5-6,10,12,17H,4,7-9,11H2,1H3,(H2,21,26)(H,23,27)/t12-,17+/m1/s1. The Bertz CT molecular complexity index is 959. The molecule has 0 spiro atoms. The number of aromatic nitrogens is 1. The third kappa shape index (κ3) is 3.88. The van der Waals surface area contributed by atoms with Crippen LogP contribution in [0.5, 0.6) is 0 Å². The number of carbonyl (C=O) groups is 3. The van der Waals surface area contributed by atoms with E-state index in [1.807, 2.05) is 24.3 Å².